The first kappa shape index (κ1) is 11.9. The van der Waals surface area contributed by atoms with E-state index in [2.05, 4.69) is 45.1 Å². The molecular formula is C10H24N2. The maximum Gasteiger partial charge on any atom is 0.0122 e. The topological polar surface area (TPSA) is 15.3 Å². The van der Waals surface area contributed by atoms with E-state index >= 15 is 0 Å². The van der Waals surface area contributed by atoms with Crippen molar-refractivity contribution >= 4 is 0 Å². The molecule has 0 amide bonds. The lowest BCUT2D eigenvalue weighted by Crippen LogP contribution is -2.38. The smallest absolute Gasteiger partial charge is 0.0122 e. The molecule has 0 radical (unpaired) electrons. The van der Waals surface area contributed by atoms with Gasteiger partial charge in [0, 0.05) is 11.6 Å². The second kappa shape index (κ2) is 4.83. The van der Waals surface area contributed by atoms with Crippen molar-refractivity contribution in [3.63, 3.8) is 0 Å². The lowest BCUT2D eigenvalue weighted by atomic mass is 9.96. The lowest BCUT2D eigenvalue weighted by molar-refractivity contribution is 0.263. The molecule has 74 valence electrons. The zero-order valence-electron chi connectivity index (χ0n) is 9.44. The van der Waals surface area contributed by atoms with Crippen LogP contribution in [0.1, 0.15) is 33.6 Å². The maximum atomic E-state index is 3.32. The highest BCUT2D eigenvalue weighted by molar-refractivity contribution is 4.77. The van der Waals surface area contributed by atoms with E-state index in [1.807, 2.05) is 7.05 Å². The van der Waals surface area contributed by atoms with Crippen molar-refractivity contribution in [2.24, 2.45) is 0 Å². The molecule has 0 aliphatic rings. The molecule has 0 rings (SSSR count). The highest BCUT2D eigenvalue weighted by Crippen LogP contribution is 2.13. The van der Waals surface area contributed by atoms with Crippen LogP contribution in [0.3, 0.4) is 0 Å². The fourth-order valence-corrected chi connectivity index (χ4v) is 0.953. The molecular weight excluding hydrogens is 148 g/mol. The molecule has 12 heavy (non-hydrogen) atoms. The van der Waals surface area contributed by atoms with Gasteiger partial charge in [-0.1, -0.05) is 0 Å². The van der Waals surface area contributed by atoms with E-state index in [1.165, 1.54) is 12.8 Å². The van der Waals surface area contributed by atoms with Crippen LogP contribution in [0.4, 0.5) is 0 Å². The van der Waals surface area contributed by atoms with E-state index in [9.17, 15) is 0 Å². The van der Waals surface area contributed by atoms with Gasteiger partial charge in [-0.05, 0) is 54.8 Å². The Labute approximate surface area is 77.3 Å². The molecule has 0 heterocycles. The minimum absolute atomic E-state index is 0.282. The first-order chi connectivity index (χ1) is 5.39. The van der Waals surface area contributed by atoms with Crippen LogP contribution in [0.25, 0.3) is 0 Å². The van der Waals surface area contributed by atoms with Gasteiger partial charge in [0.15, 0.2) is 0 Å². The van der Waals surface area contributed by atoms with Crippen LogP contribution in [-0.4, -0.2) is 37.6 Å². The normalized spacial score (nSPS) is 15.2. The number of hydrogen-bond donors (Lipinski definition) is 1. The fourth-order valence-electron chi connectivity index (χ4n) is 0.953. The SMILES string of the molecule is CNC(C)(C)CCC(C)N(C)C. The number of rotatable bonds is 5. The van der Waals surface area contributed by atoms with Crippen LogP contribution in [0.2, 0.25) is 0 Å². The van der Waals surface area contributed by atoms with Crippen molar-refractivity contribution < 1.29 is 0 Å². The molecule has 1 unspecified atom stereocenters. The van der Waals surface area contributed by atoms with Gasteiger partial charge in [0.2, 0.25) is 0 Å². The van der Waals surface area contributed by atoms with Gasteiger partial charge in [0.05, 0.1) is 0 Å². The summed E-state index contributed by atoms with van der Waals surface area (Å²) in [6.45, 7) is 6.76. The molecule has 0 aromatic rings. The maximum absolute atomic E-state index is 3.32. The van der Waals surface area contributed by atoms with Crippen molar-refractivity contribution in [1.82, 2.24) is 10.2 Å². The van der Waals surface area contributed by atoms with Gasteiger partial charge in [-0.2, -0.15) is 0 Å². The summed E-state index contributed by atoms with van der Waals surface area (Å²) < 4.78 is 0. The van der Waals surface area contributed by atoms with E-state index in [0.29, 0.717) is 6.04 Å². The van der Waals surface area contributed by atoms with Gasteiger partial charge in [0.1, 0.15) is 0 Å². The Morgan fingerprint density at radius 3 is 2.17 bits per heavy atom. The second-order valence-electron chi connectivity index (χ2n) is 4.49. The number of nitrogens with zero attached hydrogens (tertiary/aromatic N) is 1. The molecule has 0 aromatic heterocycles. The summed E-state index contributed by atoms with van der Waals surface area (Å²) in [7, 11) is 6.30. The third-order valence-corrected chi connectivity index (χ3v) is 2.75. The largest absolute Gasteiger partial charge is 0.315 e. The molecule has 0 aromatic carbocycles. The summed E-state index contributed by atoms with van der Waals surface area (Å²) in [6.07, 6.45) is 2.48. The molecule has 0 saturated heterocycles. The van der Waals surface area contributed by atoms with Crippen molar-refractivity contribution in [3.8, 4) is 0 Å². The molecule has 0 fully saturated rings. The predicted molar refractivity (Wildman–Crippen MR) is 55.5 cm³/mol. The fraction of sp³-hybridized carbons (Fsp3) is 1.00. The second-order valence-corrected chi connectivity index (χ2v) is 4.49. The first-order valence-electron chi connectivity index (χ1n) is 4.74. The average molecular weight is 172 g/mol. The summed E-state index contributed by atoms with van der Waals surface area (Å²) in [5, 5.41) is 3.32. The highest BCUT2D eigenvalue weighted by Gasteiger charge is 2.16. The molecule has 1 atom stereocenters. The molecule has 2 heteroatoms. The quantitative estimate of drug-likeness (QED) is 0.679. The molecule has 1 N–H and O–H groups in total. The summed E-state index contributed by atoms with van der Waals surface area (Å²) in [4.78, 5) is 2.27. The highest BCUT2D eigenvalue weighted by atomic mass is 15.1. The Morgan fingerprint density at radius 2 is 1.83 bits per heavy atom. The van der Waals surface area contributed by atoms with E-state index in [0.717, 1.165) is 0 Å². The third-order valence-electron chi connectivity index (χ3n) is 2.75. The van der Waals surface area contributed by atoms with E-state index < -0.39 is 0 Å². The first-order valence-corrected chi connectivity index (χ1v) is 4.74. The van der Waals surface area contributed by atoms with Gasteiger partial charge in [-0.3, -0.25) is 0 Å². The third kappa shape index (κ3) is 4.73. The van der Waals surface area contributed by atoms with Crippen LogP contribution >= 0.6 is 0 Å². The van der Waals surface area contributed by atoms with Crippen LogP contribution in [0.15, 0.2) is 0 Å². The van der Waals surface area contributed by atoms with Crippen LogP contribution in [0, 0.1) is 0 Å². The van der Waals surface area contributed by atoms with Gasteiger partial charge < -0.3 is 10.2 Å². The Hall–Kier alpha value is -0.0800. The summed E-state index contributed by atoms with van der Waals surface area (Å²) in [6, 6.07) is 0.678. The van der Waals surface area contributed by atoms with E-state index in [-0.39, 0.29) is 5.54 Å². The Kier molecular flexibility index (Phi) is 4.80. The van der Waals surface area contributed by atoms with Gasteiger partial charge >= 0.3 is 0 Å². The predicted octanol–water partition coefficient (Wildman–Crippen LogP) is 1.71. The van der Waals surface area contributed by atoms with Crippen LogP contribution in [-0.2, 0) is 0 Å². The van der Waals surface area contributed by atoms with Gasteiger partial charge in [0.25, 0.3) is 0 Å². The van der Waals surface area contributed by atoms with E-state index in [1.54, 1.807) is 0 Å². The Morgan fingerprint density at radius 1 is 1.33 bits per heavy atom. The summed E-state index contributed by atoms with van der Waals surface area (Å²) in [5.74, 6) is 0. The van der Waals surface area contributed by atoms with Crippen molar-refractivity contribution in [2.75, 3.05) is 21.1 Å². The number of nitrogens with one attached hydrogen (secondary N) is 1. The minimum Gasteiger partial charge on any atom is -0.315 e. The van der Waals surface area contributed by atoms with Gasteiger partial charge in [-0.15, -0.1) is 0 Å². The molecule has 0 spiro atoms. The summed E-state index contributed by atoms with van der Waals surface area (Å²) >= 11 is 0. The zero-order valence-corrected chi connectivity index (χ0v) is 9.44. The molecule has 0 aliphatic carbocycles. The molecule has 0 saturated carbocycles. The standard InChI is InChI=1S/C10H24N2/c1-9(12(5)6)7-8-10(2,3)11-4/h9,11H,7-8H2,1-6H3. The van der Waals surface area contributed by atoms with Crippen molar-refractivity contribution in [2.45, 2.75) is 45.2 Å². The van der Waals surface area contributed by atoms with Crippen LogP contribution < -0.4 is 5.32 Å². The minimum atomic E-state index is 0.282. The van der Waals surface area contributed by atoms with Crippen molar-refractivity contribution in [3.05, 3.63) is 0 Å². The molecule has 0 aliphatic heterocycles. The molecule has 0 bridgehead atoms. The summed E-state index contributed by atoms with van der Waals surface area (Å²) in [5.41, 5.74) is 0.282. The van der Waals surface area contributed by atoms with E-state index in [4.69, 9.17) is 0 Å². The number of hydrogen-bond acceptors (Lipinski definition) is 2. The average Bonchev–Trinajstić information content (AvgIpc) is 2.00. The van der Waals surface area contributed by atoms with Gasteiger partial charge in [-0.25, -0.2) is 0 Å². The Bertz CT molecular complexity index is 119. The Balaban J connectivity index is 3.67. The molecule has 2 nitrogen and oxygen atoms in total. The van der Waals surface area contributed by atoms with Crippen LogP contribution in [0.5, 0.6) is 0 Å². The monoisotopic (exact) mass is 172 g/mol. The zero-order chi connectivity index (χ0) is 9.78. The lowest BCUT2D eigenvalue weighted by Gasteiger charge is -2.27. The van der Waals surface area contributed by atoms with Crippen molar-refractivity contribution in [1.29, 1.82) is 0 Å².